The molecule has 1 aliphatic rings. The van der Waals surface area contributed by atoms with Gasteiger partial charge in [0.25, 0.3) is 11.7 Å². The molecule has 4 aromatic rings. The Morgan fingerprint density at radius 2 is 1.54 bits per heavy atom. The van der Waals surface area contributed by atoms with Crippen molar-refractivity contribution in [3.8, 4) is 17.2 Å². The fourth-order valence-corrected chi connectivity index (χ4v) is 5.10. The van der Waals surface area contributed by atoms with Crippen LogP contribution in [0.3, 0.4) is 0 Å². The van der Waals surface area contributed by atoms with Gasteiger partial charge in [-0.1, -0.05) is 59.6 Å². The Hall–Kier alpha value is -4.55. The highest BCUT2D eigenvalue weighted by Crippen LogP contribution is 2.45. The maximum Gasteiger partial charge on any atom is 0.300 e. The molecule has 0 spiro atoms. The summed E-state index contributed by atoms with van der Waals surface area (Å²) < 4.78 is 11.5. The number of aliphatic hydroxyl groups is 1. The fraction of sp³-hybridized carbons (Fsp3) is 0.125. The Balaban J connectivity index is 1.72. The molecule has 1 fully saturated rings. The van der Waals surface area contributed by atoms with Gasteiger partial charge in [-0.3, -0.25) is 14.5 Å². The first-order valence-corrected chi connectivity index (χ1v) is 12.7. The molecular weight excluding hydrogens is 514 g/mol. The maximum atomic E-state index is 13.6. The highest BCUT2D eigenvalue weighted by atomic mass is 35.5. The lowest BCUT2D eigenvalue weighted by atomic mass is 9.94. The summed E-state index contributed by atoms with van der Waals surface area (Å²) in [6, 6.07) is 26.1. The Morgan fingerprint density at radius 1 is 0.846 bits per heavy atom. The number of rotatable bonds is 6. The molecule has 0 aromatic heterocycles. The van der Waals surface area contributed by atoms with Crippen molar-refractivity contribution in [3.63, 3.8) is 0 Å². The molecule has 0 radical (unpaired) electrons. The predicted octanol–water partition coefficient (Wildman–Crippen LogP) is 7.38. The minimum atomic E-state index is -0.934. The van der Waals surface area contributed by atoms with Crippen molar-refractivity contribution in [1.29, 1.82) is 0 Å². The molecular formula is C32H26ClNO5. The molecule has 4 aromatic carbocycles. The van der Waals surface area contributed by atoms with Gasteiger partial charge < -0.3 is 14.6 Å². The topological polar surface area (TPSA) is 76.1 Å². The third kappa shape index (κ3) is 4.99. The van der Waals surface area contributed by atoms with E-state index >= 15 is 0 Å². The van der Waals surface area contributed by atoms with Crippen molar-refractivity contribution in [2.75, 3.05) is 12.0 Å². The Morgan fingerprint density at radius 3 is 2.23 bits per heavy atom. The van der Waals surface area contributed by atoms with E-state index in [4.69, 9.17) is 21.1 Å². The molecule has 1 amide bonds. The van der Waals surface area contributed by atoms with Gasteiger partial charge in [-0.2, -0.15) is 0 Å². The van der Waals surface area contributed by atoms with Crippen molar-refractivity contribution in [2.24, 2.45) is 0 Å². The third-order valence-corrected chi connectivity index (χ3v) is 6.84. The van der Waals surface area contributed by atoms with Crippen LogP contribution >= 0.6 is 11.6 Å². The maximum absolute atomic E-state index is 13.6. The van der Waals surface area contributed by atoms with Crippen LogP contribution in [-0.4, -0.2) is 23.9 Å². The summed E-state index contributed by atoms with van der Waals surface area (Å²) in [6.07, 6.45) is 0. The van der Waals surface area contributed by atoms with Crippen LogP contribution < -0.4 is 14.4 Å². The minimum absolute atomic E-state index is 0.0718. The highest BCUT2D eigenvalue weighted by molar-refractivity contribution is 6.51. The van der Waals surface area contributed by atoms with Crippen LogP contribution in [0.4, 0.5) is 5.69 Å². The van der Waals surface area contributed by atoms with E-state index in [-0.39, 0.29) is 27.7 Å². The van der Waals surface area contributed by atoms with Gasteiger partial charge in [0.1, 0.15) is 23.0 Å². The zero-order valence-corrected chi connectivity index (χ0v) is 22.4. The number of nitrogens with zero attached hydrogens (tertiary/aromatic N) is 1. The number of anilines is 1. The molecule has 5 rings (SSSR count). The van der Waals surface area contributed by atoms with Crippen molar-refractivity contribution < 1.29 is 24.2 Å². The Kier molecular flexibility index (Phi) is 7.13. The second-order valence-electron chi connectivity index (χ2n) is 9.32. The smallest absolute Gasteiger partial charge is 0.300 e. The SMILES string of the molecule is COc1c(Cl)cc(C)cc1/C(O)=C1\C(=O)C(=O)N(c2ccc(C)cc2)C1c1cccc(Oc2ccccc2)c1. The summed E-state index contributed by atoms with van der Waals surface area (Å²) in [5.41, 5.74) is 3.02. The summed E-state index contributed by atoms with van der Waals surface area (Å²) in [5.74, 6) is -0.568. The normalized spacial score (nSPS) is 16.4. The van der Waals surface area contributed by atoms with E-state index in [0.717, 1.165) is 11.1 Å². The van der Waals surface area contributed by atoms with Gasteiger partial charge in [0.05, 0.1) is 29.3 Å². The molecule has 6 nitrogen and oxygen atoms in total. The van der Waals surface area contributed by atoms with Crippen LogP contribution in [0.25, 0.3) is 5.76 Å². The van der Waals surface area contributed by atoms with Crippen LogP contribution in [0.2, 0.25) is 5.02 Å². The number of hydrogen-bond acceptors (Lipinski definition) is 5. The van der Waals surface area contributed by atoms with E-state index in [1.165, 1.54) is 12.0 Å². The quantitative estimate of drug-likeness (QED) is 0.157. The minimum Gasteiger partial charge on any atom is -0.507 e. The molecule has 0 bridgehead atoms. The zero-order chi connectivity index (χ0) is 27.7. The number of halogens is 1. The van der Waals surface area contributed by atoms with Crippen molar-refractivity contribution in [1.82, 2.24) is 0 Å². The monoisotopic (exact) mass is 539 g/mol. The van der Waals surface area contributed by atoms with Gasteiger partial charge in [0, 0.05) is 5.69 Å². The number of hydrogen-bond donors (Lipinski definition) is 1. The number of methoxy groups -OCH3 is 1. The second-order valence-corrected chi connectivity index (χ2v) is 9.73. The molecule has 1 heterocycles. The summed E-state index contributed by atoms with van der Waals surface area (Å²) >= 11 is 6.40. The van der Waals surface area contributed by atoms with E-state index in [9.17, 15) is 14.7 Å². The molecule has 7 heteroatoms. The summed E-state index contributed by atoms with van der Waals surface area (Å²) in [6.45, 7) is 3.75. The van der Waals surface area contributed by atoms with Crippen molar-refractivity contribution in [3.05, 3.63) is 124 Å². The van der Waals surface area contributed by atoms with Crippen LogP contribution in [0.15, 0.2) is 96.6 Å². The molecule has 1 saturated heterocycles. The van der Waals surface area contributed by atoms with E-state index in [1.54, 1.807) is 48.5 Å². The van der Waals surface area contributed by atoms with Gasteiger partial charge in [0.2, 0.25) is 0 Å². The fourth-order valence-electron chi connectivity index (χ4n) is 4.75. The molecule has 0 aliphatic carbocycles. The molecule has 196 valence electrons. The zero-order valence-electron chi connectivity index (χ0n) is 21.6. The van der Waals surface area contributed by atoms with Gasteiger partial charge in [-0.05, 0) is 73.5 Å². The van der Waals surface area contributed by atoms with Crippen LogP contribution in [0.1, 0.15) is 28.3 Å². The van der Waals surface area contributed by atoms with Crippen molar-refractivity contribution >= 4 is 34.7 Å². The van der Waals surface area contributed by atoms with E-state index in [2.05, 4.69) is 0 Å². The predicted molar refractivity (Wildman–Crippen MR) is 152 cm³/mol. The molecule has 1 atom stereocenters. The first-order valence-electron chi connectivity index (χ1n) is 12.3. The first-order chi connectivity index (χ1) is 18.8. The number of aryl methyl sites for hydroxylation is 2. The Labute approximate surface area is 231 Å². The lowest BCUT2D eigenvalue weighted by molar-refractivity contribution is -0.132. The van der Waals surface area contributed by atoms with Gasteiger partial charge in [0.15, 0.2) is 0 Å². The number of para-hydroxylation sites is 1. The number of carbonyl (C=O) groups is 2. The average Bonchev–Trinajstić information content (AvgIpc) is 3.19. The van der Waals surface area contributed by atoms with E-state index in [0.29, 0.717) is 22.7 Å². The molecule has 1 unspecified atom stereocenters. The third-order valence-electron chi connectivity index (χ3n) is 6.56. The number of aliphatic hydroxyl groups excluding tert-OH is 1. The first kappa shape index (κ1) is 26.1. The van der Waals surface area contributed by atoms with Crippen LogP contribution in [-0.2, 0) is 9.59 Å². The van der Waals surface area contributed by atoms with E-state index < -0.39 is 17.7 Å². The number of carbonyl (C=O) groups excluding carboxylic acids is 2. The summed E-state index contributed by atoms with van der Waals surface area (Å²) in [4.78, 5) is 28.5. The second kappa shape index (κ2) is 10.7. The standard InChI is InChI=1S/C32H26ClNO5/c1-19-12-14-22(15-13-19)34-28(21-8-7-11-24(18-21)39-23-9-5-4-6-10-23)27(30(36)32(34)37)29(35)25-16-20(2)17-26(33)31(25)38-3/h4-18,28,35H,1-3H3/b29-27+. The largest absolute Gasteiger partial charge is 0.507 e. The van der Waals surface area contributed by atoms with Gasteiger partial charge in [-0.25, -0.2) is 0 Å². The van der Waals surface area contributed by atoms with Crippen LogP contribution in [0.5, 0.6) is 17.2 Å². The molecule has 1 aliphatic heterocycles. The number of ether oxygens (including phenoxy) is 2. The van der Waals surface area contributed by atoms with Crippen molar-refractivity contribution in [2.45, 2.75) is 19.9 Å². The number of amides is 1. The highest BCUT2D eigenvalue weighted by Gasteiger charge is 2.47. The summed E-state index contributed by atoms with van der Waals surface area (Å²) in [5, 5.41) is 11.9. The summed E-state index contributed by atoms with van der Waals surface area (Å²) in [7, 11) is 1.43. The van der Waals surface area contributed by atoms with Gasteiger partial charge >= 0.3 is 0 Å². The molecule has 39 heavy (non-hydrogen) atoms. The van der Waals surface area contributed by atoms with E-state index in [1.807, 2.05) is 56.3 Å². The number of ketones is 1. The number of benzene rings is 4. The molecule has 0 saturated carbocycles. The van der Waals surface area contributed by atoms with Crippen LogP contribution in [0, 0.1) is 13.8 Å². The Bertz CT molecular complexity index is 1600. The average molecular weight is 540 g/mol. The lowest BCUT2D eigenvalue weighted by Gasteiger charge is -2.26. The lowest BCUT2D eigenvalue weighted by Crippen LogP contribution is -2.29. The van der Waals surface area contributed by atoms with Gasteiger partial charge in [-0.15, -0.1) is 0 Å². The number of Topliss-reactive ketones (excluding diaryl/α,β-unsaturated/α-hetero) is 1. The molecule has 1 N–H and O–H groups in total.